The van der Waals surface area contributed by atoms with Crippen molar-refractivity contribution in [2.45, 2.75) is 25.9 Å². The van der Waals surface area contributed by atoms with Crippen LogP contribution in [0.2, 0.25) is 0 Å². The van der Waals surface area contributed by atoms with Crippen LogP contribution in [0, 0.1) is 17.2 Å². The second kappa shape index (κ2) is 10.3. The number of nitrogens with zero attached hydrogens (tertiary/aromatic N) is 7. The van der Waals surface area contributed by atoms with E-state index in [-0.39, 0.29) is 11.9 Å². The molecule has 10 nitrogen and oxygen atoms in total. The minimum atomic E-state index is -0.136. The molecule has 0 unspecified atom stereocenters. The van der Waals surface area contributed by atoms with Gasteiger partial charge in [-0.25, -0.2) is 9.78 Å². The van der Waals surface area contributed by atoms with Crippen LogP contribution in [0.1, 0.15) is 35.2 Å². The van der Waals surface area contributed by atoms with Gasteiger partial charge in [-0.1, -0.05) is 6.07 Å². The number of aromatic nitrogens is 3. The maximum atomic E-state index is 13.6. The molecule has 42 heavy (non-hydrogen) atoms. The number of pyridine rings is 1. The quantitative estimate of drug-likeness (QED) is 0.411. The van der Waals surface area contributed by atoms with Crippen molar-refractivity contribution in [2.24, 2.45) is 5.92 Å². The molecule has 3 aliphatic rings. The van der Waals surface area contributed by atoms with Crippen molar-refractivity contribution in [2.75, 3.05) is 46.8 Å². The number of benzene rings is 1. The van der Waals surface area contributed by atoms with Crippen LogP contribution in [0.15, 0.2) is 48.9 Å². The van der Waals surface area contributed by atoms with Crippen molar-refractivity contribution in [1.82, 2.24) is 34.0 Å². The highest BCUT2D eigenvalue weighted by molar-refractivity contribution is 6.32. The Hall–Kier alpha value is -4.62. The van der Waals surface area contributed by atoms with Crippen LogP contribution in [-0.4, -0.2) is 87.4 Å². The maximum absolute atomic E-state index is 13.6. The Morgan fingerprint density at radius 2 is 2.02 bits per heavy atom. The average Bonchev–Trinajstić information content (AvgIpc) is 3.66. The Bertz CT molecular complexity index is 1800. The molecule has 0 radical (unpaired) electrons. The van der Waals surface area contributed by atoms with Gasteiger partial charge in [0.05, 0.1) is 34.6 Å². The topological polar surface area (TPSA) is 102 Å². The van der Waals surface area contributed by atoms with Crippen LogP contribution >= 0.6 is 0 Å². The number of hydrogen-bond donors (Lipinski definition) is 1. The van der Waals surface area contributed by atoms with Crippen molar-refractivity contribution in [3.8, 4) is 6.07 Å². The van der Waals surface area contributed by atoms with E-state index < -0.39 is 0 Å². The highest BCUT2D eigenvalue weighted by Crippen LogP contribution is 2.38. The zero-order chi connectivity index (χ0) is 29.0. The number of likely N-dealkylation sites (tertiary alicyclic amines) is 1. The molecule has 1 fully saturated rings. The predicted molar refractivity (Wildman–Crippen MR) is 160 cm³/mol. The number of amides is 3. The lowest BCUT2D eigenvalue weighted by Crippen LogP contribution is -2.44. The molecule has 0 spiro atoms. The first-order chi connectivity index (χ1) is 20.4. The van der Waals surface area contributed by atoms with Gasteiger partial charge in [-0.3, -0.25) is 9.20 Å². The number of urea groups is 1. The molecule has 0 aliphatic carbocycles. The van der Waals surface area contributed by atoms with Gasteiger partial charge in [0, 0.05) is 68.7 Å². The second-order valence-corrected chi connectivity index (χ2v) is 11.8. The summed E-state index contributed by atoms with van der Waals surface area (Å²) < 4.78 is 4.14. The summed E-state index contributed by atoms with van der Waals surface area (Å²) in [6, 6.07) is 11.9. The summed E-state index contributed by atoms with van der Waals surface area (Å²) >= 11 is 0. The molecule has 3 amide bonds. The Balaban J connectivity index is 1.26. The second-order valence-electron chi connectivity index (χ2n) is 11.8. The van der Waals surface area contributed by atoms with E-state index in [4.69, 9.17) is 0 Å². The van der Waals surface area contributed by atoms with Gasteiger partial charge in [-0.2, -0.15) is 5.26 Å². The molecule has 7 rings (SSSR count). The van der Waals surface area contributed by atoms with Gasteiger partial charge >= 0.3 is 6.03 Å². The number of fused-ring (bicyclic) bond motifs is 1. The summed E-state index contributed by atoms with van der Waals surface area (Å²) in [6.45, 7) is 4.85. The van der Waals surface area contributed by atoms with E-state index in [0.717, 1.165) is 71.4 Å². The smallest absolute Gasteiger partial charge is 0.320 e. The summed E-state index contributed by atoms with van der Waals surface area (Å²) in [4.78, 5) is 37.6. The minimum Gasteiger partial charge on any atom is -0.348 e. The summed E-state index contributed by atoms with van der Waals surface area (Å²) in [6.07, 6.45) is 8.00. The lowest BCUT2D eigenvalue weighted by atomic mass is 9.96. The fourth-order valence-electron chi connectivity index (χ4n) is 6.86. The standard InChI is InChI=1S/C32H34N8O2/c1-36-9-6-21(7-10-36)18-37(2)32(42)39-12-11-38-20-26(24-14-22(15-33)13-23(19-39)30(24)38)29-25(16-35-31(29)41)27-17-34-28-5-3-4-8-40(27)28/h3-5,8,13-14,17,20-21H,6-7,9-12,16,18-19H2,1-2H3,(H,35,41). The molecule has 1 aromatic carbocycles. The van der Waals surface area contributed by atoms with Gasteiger partial charge in [0.1, 0.15) is 5.65 Å². The van der Waals surface area contributed by atoms with Crippen molar-refractivity contribution in [1.29, 1.82) is 5.26 Å². The molecule has 6 heterocycles. The van der Waals surface area contributed by atoms with Crippen LogP contribution in [0.4, 0.5) is 4.79 Å². The Kier molecular flexibility index (Phi) is 6.47. The number of nitriles is 1. The Morgan fingerprint density at radius 1 is 1.19 bits per heavy atom. The third kappa shape index (κ3) is 4.41. The molecule has 10 heteroatoms. The predicted octanol–water partition coefficient (Wildman–Crippen LogP) is 3.41. The van der Waals surface area contributed by atoms with Crippen LogP contribution in [-0.2, 0) is 17.9 Å². The van der Waals surface area contributed by atoms with Gasteiger partial charge in [0.15, 0.2) is 0 Å². The van der Waals surface area contributed by atoms with Gasteiger partial charge in [-0.15, -0.1) is 0 Å². The zero-order valence-electron chi connectivity index (χ0n) is 24.0. The monoisotopic (exact) mass is 562 g/mol. The first kappa shape index (κ1) is 26.3. The summed E-state index contributed by atoms with van der Waals surface area (Å²) in [7, 11) is 4.05. The zero-order valence-corrected chi connectivity index (χ0v) is 24.0. The molecule has 1 saturated heterocycles. The normalized spacial score (nSPS) is 18.0. The van der Waals surface area contributed by atoms with Crippen LogP contribution in [0.5, 0.6) is 0 Å². The third-order valence-electron chi connectivity index (χ3n) is 9.07. The molecule has 0 saturated carbocycles. The Morgan fingerprint density at radius 3 is 2.83 bits per heavy atom. The number of piperidine rings is 1. The SMILES string of the molecule is CN1CCC(CN(C)C(=O)N2CCn3cc(C4=C(c5cnc6ccccn56)CNC4=O)c4cc(C#N)cc(c43)C2)CC1. The molecule has 3 aromatic heterocycles. The lowest BCUT2D eigenvalue weighted by molar-refractivity contribution is -0.114. The molecular formula is C32H34N8O2. The van der Waals surface area contributed by atoms with Crippen LogP contribution in [0.3, 0.4) is 0 Å². The fraction of sp³-hybridized carbons (Fsp3) is 0.375. The van der Waals surface area contributed by atoms with Gasteiger partial charge in [0.2, 0.25) is 0 Å². The molecule has 1 N–H and O–H groups in total. The van der Waals surface area contributed by atoms with E-state index in [1.807, 2.05) is 70.2 Å². The molecule has 0 bridgehead atoms. The molecule has 3 aliphatic heterocycles. The minimum absolute atomic E-state index is 0.0168. The average molecular weight is 563 g/mol. The number of carbonyl (C=O) groups excluding carboxylic acids is 2. The highest BCUT2D eigenvalue weighted by Gasteiger charge is 2.32. The molecular weight excluding hydrogens is 528 g/mol. The van der Waals surface area contributed by atoms with Crippen LogP contribution < -0.4 is 5.32 Å². The van der Waals surface area contributed by atoms with Crippen molar-refractivity contribution >= 4 is 39.6 Å². The number of carbonyl (C=O) groups is 2. The van der Waals surface area contributed by atoms with E-state index in [1.54, 1.807) is 0 Å². The maximum Gasteiger partial charge on any atom is 0.320 e. The summed E-state index contributed by atoms with van der Waals surface area (Å²) in [5.74, 6) is 0.378. The van der Waals surface area contributed by atoms with Gasteiger partial charge in [0.25, 0.3) is 5.91 Å². The summed E-state index contributed by atoms with van der Waals surface area (Å²) in [5.41, 5.74) is 6.39. The lowest BCUT2D eigenvalue weighted by Gasteiger charge is -2.33. The number of imidazole rings is 1. The third-order valence-corrected chi connectivity index (χ3v) is 9.07. The van der Waals surface area contributed by atoms with Crippen molar-refractivity contribution < 1.29 is 9.59 Å². The van der Waals surface area contributed by atoms with E-state index in [1.165, 1.54) is 0 Å². The van der Waals surface area contributed by atoms with E-state index >= 15 is 0 Å². The molecule has 0 atom stereocenters. The van der Waals surface area contributed by atoms with Gasteiger partial charge in [-0.05, 0) is 68.7 Å². The van der Waals surface area contributed by atoms with Crippen molar-refractivity contribution in [3.05, 3.63) is 71.3 Å². The fourth-order valence-corrected chi connectivity index (χ4v) is 6.86. The van der Waals surface area contributed by atoms with E-state index in [9.17, 15) is 14.9 Å². The van der Waals surface area contributed by atoms with E-state index in [2.05, 4.69) is 32.9 Å². The van der Waals surface area contributed by atoms with E-state index in [0.29, 0.717) is 43.2 Å². The first-order valence-corrected chi connectivity index (χ1v) is 14.6. The number of nitrogens with one attached hydrogen (secondary N) is 1. The number of rotatable bonds is 4. The summed E-state index contributed by atoms with van der Waals surface area (Å²) in [5, 5.41) is 13.8. The first-order valence-electron chi connectivity index (χ1n) is 14.6. The largest absolute Gasteiger partial charge is 0.348 e. The number of hydrogen-bond acceptors (Lipinski definition) is 5. The molecule has 214 valence electrons. The molecule has 4 aromatic rings. The van der Waals surface area contributed by atoms with Gasteiger partial charge < -0.3 is 24.6 Å². The Labute approximate surface area is 244 Å². The van der Waals surface area contributed by atoms with Crippen LogP contribution in [0.25, 0.3) is 27.7 Å². The van der Waals surface area contributed by atoms with Crippen molar-refractivity contribution in [3.63, 3.8) is 0 Å². The highest BCUT2D eigenvalue weighted by atomic mass is 16.2.